The highest BCUT2D eigenvalue weighted by Crippen LogP contribution is 1.88. The van der Waals surface area contributed by atoms with Crippen LogP contribution in [-0.2, 0) is 4.74 Å². The number of ether oxygens (including phenoxy) is 1. The van der Waals surface area contributed by atoms with E-state index in [0.29, 0.717) is 12.3 Å². The molecule has 0 saturated heterocycles. The van der Waals surface area contributed by atoms with Crippen LogP contribution in [0.3, 0.4) is 0 Å². The first-order chi connectivity index (χ1) is 3.31. The van der Waals surface area contributed by atoms with Crippen molar-refractivity contribution in [3.8, 4) is 0 Å². The summed E-state index contributed by atoms with van der Waals surface area (Å²) in [5, 5.41) is 7.69. The SMILES string of the molecule is Br.COC(=N)CCBr. The van der Waals surface area contributed by atoms with Gasteiger partial charge in [-0.05, 0) is 0 Å². The highest BCUT2D eigenvalue weighted by atomic mass is 79.9. The lowest BCUT2D eigenvalue weighted by Crippen LogP contribution is -1.97. The van der Waals surface area contributed by atoms with Crippen LogP contribution >= 0.6 is 32.9 Å². The first-order valence-electron chi connectivity index (χ1n) is 1.98. The first-order valence-corrected chi connectivity index (χ1v) is 3.10. The Hall–Kier alpha value is 0.430. The van der Waals surface area contributed by atoms with Crippen molar-refractivity contribution in [3.05, 3.63) is 0 Å². The van der Waals surface area contributed by atoms with Crippen LogP contribution in [-0.4, -0.2) is 18.3 Å². The molecule has 0 bridgehead atoms. The maximum Gasteiger partial charge on any atom is 0.180 e. The molecule has 0 aliphatic carbocycles. The van der Waals surface area contributed by atoms with E-state index in [4.69, 9.17) is 5.41 Å². The Morgan fingerprint density at radius 3 is 2.38 bits per heavy atom. The lowest BCUT2D eigenvalue weighted by molar-refractivity contribution is 0.389. The van der Waals surface area contributed by atoms with Gasteiger partial charge in [0.25, 0.3) is 0 Å². The molecule has 0 aliphatic heterocycles. The average molecular weight is 247 g/mol. The molecule has 50 valence electrons. The van der Waals surface area contributed by atoms with Gasteiger partial charge in [0, 0.05) is 11.8 Å². The van der Waals surface area contributed by atoms with Crippen molar-refractivity contribution in [3.63, 3.8) is 0 Å². The molecule has 0 atom stereocenters. The smallest absolute Gasteiger partial charge is 0.180 e. The Balaban J connectivity index is 0. The van der Waals surface area contributed by atoms with Gasteiger partial charge in [0.15, 0.2) is 5.90 Å². The Morgan fingerprint density at radius 2 is 2.25 bits per heavy atom. The van der Waals surface area contributed by atoms with Crippen LogP contribution in [0, 0.1) is 5.41 Å². The summed E-state index contributed by atoms with van der Waals surface area (Å²) in [6.45, 7) is 0. The van der Waals surface area contributed by atoms with E-state index >= 15 is 0 Å². The molecular formula is C4H9Br2NO. The van der Waals surface area contributed by atoms with Gasteiger partial charge in [-0.1, -0.05) is 15.9 Å². The van der Waals surface area contributed by atoms with Gasteiger partial charge < -0.3 is 4.74 Å². The summed E-state index contributed by atoms with van der Waals surface area (Å²) in [4.78, 5) is 0. The molecule has 0 heterocycles. The number of nitrogens with one attached hydrogen (secondary N) is 1. The van der Waals surface area contributed by atoms with Crippen molar-refractivity contribution in [1.82, 2.24) is 0 Å². The van der Waals surface area contributed by atoms with Crippen LogP contribution in [0.15, 0.2) is 0 Å². The summed E-state index contributed by atoms with van der Waals surface area (Å²) < 4.78 is 4.54. The molecule has 0 rings (SSSR count). The summed E-state index contributed by atoms with van der Waals surface area (Å²) in [5.41, 5.74) is 0. The van der Waals surface area contributed by atoms with Crippen molar-refractivity contribution < 1.29 is 4.74 Å². The zero-order valence-corrected chi connectivity index (χ0v) is 7.91. The lowest BCUT2D eigenvalue weighted by atomic mass is 10.5. The molecule has 0 aromatic rings. The lowest BCUT2D eigenvalue weighted by Gasteiger charge is -1.94. The fourth-order valence-electron chi connectivity index (χ4n) is 0.188. The van der Waals surface area contributed by atoms with Gasteiger partial charge in [-0.15, -0.1) is 17.0 Å². The molecule has 0 spiro atoms. The molecule has 0 aliphatic rings. The van der Waals surface area contributed by atoms with Crippen LogP contribution in [0.25, 0.3) is 0 Å². The van der Waals surface area contributed by atoms with E-state index in [1.807, 2.05) is 0 Å². The number of hydrogen-bond acceptors (Lipinski definition) is 2. The molecule has 4 heteroatoms. The number of halogens is 2. The van der Waals surface area contributed by atoms with Crippen LogP contribution in [0.4, 0.5) is 0 Å². The molecule has 1 N–H and O–H groups in total. The normalized spacial score (nSPS) is 7.25. The summed E-state index contributed by atoms with van der Waals surface area (Å²) in [7, 11) is 1.50. The Kier molecular flexibility index (Phi) is 10.5. The van der Waals surface area contributed by atoms with Gasteiger partial charge in [0.2, 0.25) is 0 Å². The van der Waals surface area contributed by atoms with E-state index in [2.05, 4.69) is 20.7 Å². The number of alkyl halides is 1. The topological polar surface area (TPSA) is 33.1 Å². The molecular weight excluding hydrogens is 238 g/mol. The molecule has 8 heavy (non-hydrogen) atoms. The molecule has 0 amide bonds. The van der Waals surface area contributed by atoms with Gasteiger partial charge in [-0.25, -0.2) is 0 Å². The largest absolute Gasteiger partial charge is 0.484 e. The average Bonchev–Trinajstić information content (AvgIpc) is 1.68. The minimum Gasteiger partial charge on any atom is -0.484 e. The third-order valence-electron chi connectivity index (χ3n) is 0.568. The molecule has 0 saturated carbocycles. The van der Waals surface area contributed by atoms with Crippen molar-refractivity contribution in [2.75, 3.05) is 12.4 Å². The summed E-state index contributed by atoms with van der Waals surface area (Å²) in [6, 6.07) is 0. The van der Waals surface area contributed by atoms with Gasteiger partial charge in [0.05, 0.1) is 7.11 Å². The fraction of sp³-hybridized carbons (Fsp3) is 0.750. The third-order valence-corrected chi connectivity index (χ3v) is 0.964. The van der Waals surface area contributed by atoms with Crippen molar-refractivity contribution in [1.29, 1.82) is 5.41 Å². The highest BCUT2D eigenvalue weighted by Gasteiger charge is 1.88. The van der Waals surface area contributed by atoms with E-state index in [9.17, 15) is 0 Å². The molecule has 2 nitrogen and oxygen atoms in total. The maximum atomic E-state index is 6.89. The standard InChI is InChI=1S/C4H8BrNO.BrH/c1-7-4(6)2-3-5;/h6H,2-3H2,1H3;1H. The van der Waals surface area contributed by atoms with Crippen molar-refractivity contribution in [2.45, 2.75) is 6.42 Å². The Bertz CT molecular complexity index is 67.1. The van der Waals surface area contributed by atoms with Gasteiger partial charge in [-0.3, -0.25) is 5.41 Å². The van der Waals surface area contributed by atoms with Crippen LogP contribution < -0.4 is 0 Å². The van der Waals surface area contributed by atoms with Gasteiger partial charge >= 0.3 is 0 Å². The molecule has 0 aromatic carbocycles. The van der Waals surface area contributed by atoms with E-state index in [1.54, 1.807) is 0 Å². The van der Waals surface area contributed by atoms with Gasteiger partial charge in [-0.2, -0.15) is 0 Å². The van der Waals surface area contributed by atoms with E-state index in [0.717, 1.165) is 5.33 Å². The predicted molar refractivity (Wildman–Crippen MR) is 43.5 cm³/mol. The van der Waals surface area contributed by atoms with Crippen LogP contribution in [0.1, 0.15) is 6.42 Å². The summed E-state index contributed by atoms with van der Waals surface area (Å²) >= 11 is 3.17. The van der Waals surface area contributed by atoms with E-state index < -0.39 is 0 Å². The second kappa shape index (κ2) is 7.43. The maximum absolute atomic E-state index is 6.89. The molecule has 0 aromatic heterocycles. The Morgan fingerprint density at radius 1 is 1.75 bits per heavy atom. The number of hydrogen-bond donors (Lipinski definition) is 1. The summed E-state index contributed by atoms with van der Waals surface area (Å²) in [6.07, 6.45) is 0.677. The van der Waals surface area contributed by atoms with Crippen LogP contribution in [0.2, 0.25) is 0 Å². The van der Waals surface area contributed by atoms with E-state index in [-0.39, 0.29) is 17.0 Å². The molecule has 0 unspecified atom stereocenters. The molecule has 0 radical (unpaired) electrons. The minimum absolute atomic E-state index is 0. The zero-order valence-electron chi connectivity index (χ0n) is 4.61. The second-order valence-corrected chi connectivity index (χ2v) is 1.86. The number of rotatable bonds is 2. The molecule has 0 fully saturated rings. The summed E-state index contributed by atoms with van der Waals surface area (Å²) in [5.74, 6) is 0.330. The second-order valence-electron chi connectivity index (χ2n) is 1.07. The third kappa shape index (κ3) is 6.43. The van der Waals surface area contributed by atoms with Crippen LogP contribution in [0.5, 0.6) is 0 Å². The monoisotopic (exact) mass is 245 g/mol. The van der Waals surface area contributed by atoms with Crippen molar-refractivity contribution >= 4 is 38.8 Å². The Labute approximate surface area is 68.0 Å². The van der Waals surface area contributed by atoms with Crippen molar-refractivity contribution in [2.24, 2.45) is 0 Å². The quantitative estimate of drug-likeness (QED) is 0.451. The minimum atomic E-state index is 0. The predicted octanol–water partition coefficient (Wildman–Crippen LogP) is 1.97. The highest BCUT2D eigenvalue weighted by molar-refractivity contribution is 9.09. The zero-order chi connectivity index (χ0) is 5.70. The number of methoxy groups -OCH3 is 1. The van der Waals surface area contributed by atoms with E-state index in [1.165, 1.54) is 7.11 Å². The fourth-order valence-corrected chi connectivity index (χ4v) is 0.548. The first kappa shape index (κ1) is 11.3. The van der Waals surface area contributed by atoms with Gasteiger partial charge in [0.1, 0.15) is 0 Å².